The van der Waals surface area contributed by atoms with Crippen LogP contribution in [0.5, 0.6) is 0 Å². The lowest BCUT2D eigenvalue weighted by Gasteiger charge is -2.18. The first-order chi connectivity index (χ1) is 8.95. The molecule has 0 bridgehead atoms. The van der Waals surface area contributed by atoms with E-state index in [0.717, 1.165) is 24.3 Å². The first kappa shape index (κ1) is 15.7. The van der Waals surface area contributed by atoms with E-state index in [9.17, 15) is 10.1 Å². The van der Waals surface area contributed by atoms with Gasteiger partial charge in [-0.3, -0.25) is 10.1 Å². The molecule has 19 heavy (non-hydrogen) atoms. The van der Waals surface area contributed by atoms with Gasteiger partial charge < -0.3 is 0 Å². The monoisotopic (exact) mass is 263 g/mol. The molecular formula is C16H25NO2. The molecule has 106 valence electrons. The van der Waals surface area contributed by atoms with Gasteiger partial charge >= 0.3 is 0 Å². The molecule has 1 aromatic rings. The predicted octanol–water partition coefficient (Wildman–Crippen LogP) is 5.22. The fourth-order valence-corrected chi connectivity index (χ4v) is 2.53. The summed E-state index contributed by atoms with van der Waals surface area (Å²) in [5.41, 5.74) is 2.53. The number of nitrogens with zero attached hydrogens (tertiary/aromatic N) is 1. The molecule has 0 aromatic heterocycles. The number of non-ortho nitro benzene ring substituents is 1. The van der Waals surface area contributed by atoms with Gasteiger partial charge in [-0.15, -0.1) is 0 Å². The van der Waals surface area contributed by atoms with Crippen molar-refractivity contribution in [3.63, 3.8) is 0 Å². The van der Waals surface area contributed by atoms with E-state index in [1.807, 2.05) is 13.0 Å². The van der Waals surface area contributed by atoms with E-state index < -0.39 is 0 Å². The van der Waals surface area contributed by atoms with Gasteiger partial charge in [-0.2, -0.15) is 0 Å². The van der Waals surface area contributed by atoms with E-state index >= 15 is 0 Å². The highest BCUT2D eigenvalue weighted by Gasteiger charge is 2.16. The van der Waals surface area contributed by atoms with Crippen LogP contribution in [-0.2, 0) is 0 Å². The molecule has 0 aliphatic heterocycles. The second kappa shape index (κ2) is 7.27. The summed E-state index contributed by atoms with van der Waals surface area (Å²) >= 11 is 0. The molecule has 0 N–H and O–H groups in total. The Kier molecular flexibility index (Phi) is 6.00. The zero-order valence-electron chi connectivity index (χ0n) is 12.5. The van der Waals surface area contributed by atoms with Crippen LogP contribution in [0.1, 0.15) is 63.5 Å². The lowest BCUT2D eigenvalue weighted by Crippen LogP contribution is -2.02. The third-order valence-electron chi connectivity index (χ3n) is 3.74. The summed E-state index contributed by atoms with van der Waals surface area (Å²) in [4.78, 5) is 10.6. The average molecular weight is 263 g/mol. The Labute approximate surface area is 116 Å². The summed E-state index contributed by atoms with van der Waals surface area (Å²) in [6, 6.07) is 5.23. The predicted molar refractivity (Wildman–Crippen MR) is 79.6 cm³/mol. The maximum atomic E-state index is 10.9. The molecule has 1 rings (SSSR count). The Hall–Kier alpha value is -1.38. The Morgan fingerprint density at radius 1 is 1.26 bits per heavy atom. The Morgan fingerprint density at radius 2 is 1.95 bits per heavy atom. The third-order valence-corrected chi connectivity index (χ3v) is 3.74. The first-order valence-electron chi connectivity index (χ1n) is 7.20. The van der Waals surface area contributed by atoms with E-state index in [-0.39, 0.29) is 10.6 Å². The van der Waals surface area contributed by atoms with Crippen molar-refractivity contribution >= 4 is 5.69 Å². The van der Waals surface area contributed by atoms with E-state index in [1.54, 1.807) is 12.1 Å². The number of nitro groups is 1. The smallest absolute Gasteiger partial charge is 0.258 e. The summed E-state index contributed by atoms with van der Waals surface area (Å²) in [7, 11) is 0. The second-order valence-corrected chi connectivity index (χ2v) is 5.73. The summed E-state index contributed by atoms with van der Waals surface area (Å²) < 4.78 is 0. The number of nitro benzene ring substituents is 1. The minimum atomic E-state index is -0.302. The van der Waals surface area contributed by atoms with Crippen molar-refractivity contribution < 1.29 is 4.92 Å². The van der Waals surface area contributed by atoms with Crippen molar-refractivity contribution in [2.24, 2.45) is 5.92 Å². The van der Waals surface area contributed by atoms with Crippen LogP contribution in [0.25, 0.3) is 0 Å². The molecule has 0 saturated carbocycles. The second-order valence-electron chi connectivity index (χ2n) is 5.73. The van der Waals surface area contributed by atoms with Gasteiger partial charge in [0.1, 0.15) is 0 Å². The van der Waals surface area contributed by atoms with Gasteiger partial charge in [0.15, 0.2) is 0 Å². The van der Waals surface area contributed by atoms with Crippen molar-refractivity contribution in [3.8, 4) is 0 Å². The van der Waals surface area contributed by atoms with E-state index in [1.165, 1.54) is 18.4 Å². The van der Waals surface area contributed by atoms with Crippen LogP contribution >= 0.6 is 0 Å². The highest BCUT2D eigenvalue weighted by atomic mass is 16.6. The molecule has 3 nitrogen and oxygen atoms in total. The molecule has 3 heteroatoms. The number of benzene rings is 1. The lowest BCUT2D eigenvalue weighted by atomic mass is 9.87. The SMILES string of the molecule is CCC(CCCC(C)C)c1cc([N+](=O)[O-])ccc1C. The van der Waals surface area contributed by atoms with Gasteiger partial charge in [0.05, 0.1) is 4.92 Å². The van der Waals surface area contributed by atoms with Gasteiger partial charge in [-0.05, 0) is 42.7 Å². The number of rotatable bonds is 7. The van der Waals surface area contributed by atoms with Gasteiger partial charge in [-0.25, -0.2) is 0 Å². The zero-order valence-corrected chi connectivity index (χ0v) is 12.5. The van der Waals surface area contributed by atoms with Crippen LogP contribution in [0.2, 0.25) is 0 Å². The van der Waals surface area contributed by atoms with E-state index in [2.05, 4.69) is 20.8 Å². The number of aryl methyl sites for hydroxylation is 1. The van der Waals surface area contributed by atoms with Crippen molar-refractivity contribution in [2.75, 3.05) is 0 Å². The molecule has 0 aliphatic carbocycles. The Bertz CT molecular complexity index is 427. The lowest BCUT2D eigenvalue weighted by molar-refractivity contribution is -0.384. The fraction of sp³-hybridized carbons (Fsp3) is 0.625. The molecule has 0 spiro atoms. The molecular weight excluding hydrogens is 238 g/mol. The van der Waals surface area contributed by atoms with Crippen LogP contribution in [0.3, 0.4) is 0 Å². The molecule has 0 fully saturated rings. The number of hydrogen-bond donors (Lipinski definition) is 0. The molecule has 0 radical (unpaired) electrons. The molecule has 1 aromatic carbocycles. The fourth-order valence-electron chi connectivity index (χ4n) is 2.53. The van der Waals surface area contributed by atoms with Crippen LogP contribution < -0.4 is 0 Å². The maximum absolute atomic E-state index is 10.9. The van der Waals surface area contributed by atoms with Gasteiger partial charge in [0.25, 0.3) is 5.69 Å². The van der Waals surface area contributed by atoms with Crippen LogP contribution in [0.4, 0.5) is 5.69 Å². The van der Waals surface area contributed by atoms with Crippen molar-refractivity contribution in [2.45, 2.75) is 59.3 Å². The molecule has 0 saturated heterocycles. The molecule has 1 unspecified atom stereocenters. The largest absolute Gasteiger partial charge is 0.269 e. The summed E-state index contributed by atoms with van der Waals surface area (Å²) in [5.74, 6) is 1.17. The molecule has 0 amide bonds. The number of hydrogen-bond acceptors (Lipinski definition) is 2. The zero-order chi connectivity index (χ0) is 14.4. The maximum Gasteiger partial charge on any atom is 0.269 e. The topological polar surface area (TPSA) is 43.1 Å². The standard InChI is InChI=1S/C16H25NO2/c1-5-14(8-6-7-12(2)3)16-11-15(17(18)19)10-9-13(16)4/h9-12,14H,5-8H2,1-4H3. The molecule has 0 heterocycles. The van der Waals surface area contributed by atoms with Crippen molar-refractivity contribution in [3.05, 3.63) is 39.4 Å². The Morgan fingerprint density at radius 3 is 2.47 bits per heavy atom. The van der Waals surface area contributed by atoms with Gasteiger partial charge in [0, 0.05) is 12.1 Å². The summed E-state index contributed by atoms with van der Waals surface area (Å²) in [5, 5.41) is 10.9. The summed E-state index contributed by atoms with van der Waals surface area (Å²) in [6.45, 7) is 8.68. The highest BCUT2D eigenvalue weighted by Crippen LogP contribution is 2.31. The van der Waals surface area contributed by atoms with Crippen LogP contribution in [-0.4, -0.2) is 4.92 Å². The van der Waals surface area contributed by atoms with Crippen molar-refractivity contribution in [1.82, 2.24) is 0 Å². The Balaban J connectivity index is 2.84. The van der Waals surface area contributed by atoms with Crippen molar-refractivity contribution in [1.29, 1.82) is 0 Å². The average Bonchev–Trinajstić information content (AvgIpc) is 2.35. The van der Waals surface area contributed by atoms with E-state index in [0.29, 0.717) is 5.92 Å². The van der Waals surface area contributed by atoms with E-state index in [4.69, 9.17) is 0 Å². The normalized spacial score (nSPS) is 12.7. The minimum absolute atomic E-state index is 0.211. The van der Waals surface area contributed by atoms with Crippen LogP contribution in [0, 0.1) is 23.0 Å². The van der Waals surface area contributed by atoms with Crippen LogP contribution in [0.15, 0.2) is 18.2 Å². The quantitative estimate of drug-likeness (QED) is 0.499. The van der Waals surface area contributed by atoms with Gasteiger partial charge in [0.2, 0.25) is 0 Å². The highest BCUT2D eigenvalue weighted by molar-refractivity contribution is 5.41. The first-order valence-corrected chi connectivity index (χ1v) is 7.20. The van der Waals surface area contributed by atoms with Gasteiger partial charge in [-0.1, -0.05) is 39.7 Å². The molecule has 1 atom stereocenters. The minimum Gasteiger partial charge on any atom is -0.258 e. The third kappa shape index (κ3) is 4.66. The molecule has 0 aliphatic rings. The summed E-state index contributed by atoms with van der Waals surface area (Å²) in [6.07, 6.45) is 4.58.